The van der Waals surface area contributed by atoms with Crippen LogP contribution in [0.5, 0.6) is 0 Å². The van der Waals surface area contributed by atoms with Crippen molar-refractivity contribution < 1.29 is 0 Å². The molecule has 0 aliphatic carbocycles. The van der Waals surface area contributed by atoms with E-state index in [1.165, 1.54) is 38.6 Å². The van der Waals surface area contributed by atoms with Crippen LogP contribution >= 0.6 is 0 Å². The van der Waals surface area contributed by atoms with Gasteiger partial charge in [0, 0.05) is 0 Å². The number of allylic oxidation sites excluding steroid dienone is 2. The maximum atomic E-state index is 4.26. The highest BCUT2D eigenvalue weighted by Crippen LogP contribution is 2.21. The van der Waals surface area contributed by atoms with Crippen LogP contribution in [-0.4, -0.2) is 6.71 Å². The molecule has 0 bridgehead atoms. The standard InChI is InChI=1S/C25H23B/c1-17(2)21-12-9-13-22(18(3)4)25(21)26-23-14-7-5-10-19(23)16-20-11-6-8-15-24(20)26/h5-15H,1,3,16H2,2,4H3. The van der Waals surface area contributed by atoms with Gasteiger partial charge in [0.25, 0.3) is 0 Å². The first-order valence-corrected chi connectivity index (χ1v) is 9.18. The van der Waals surface area contributed by atoms with Gasteiger partial charge in [-0.25, -0.2) is 0 Å². The van der Waals surface area contributed by atoms with Gasteiger partial charge in [0.05, 0.1) is 0 Å². The Bertz CT molecular complexity index is 948. The fourth-order valence-electron chi connectivity index (χ4n) is 4.26. The smallest absolute Gasteiger partial charge is 0.0955 e. The monoisotopic (exact) mass is 334 g/mol. The summed E-state index contributed by atoms with van der Waals surface area (Å²) in [6.45, 7) is 12.9. The van der Waals surface area contributed by atoms with Crippen molar-refractivity contribution in [2.24, 2.45) is 0 Å². The lowest BCUT2D eigenvalue weighted by atomic mass is 9.32. The van der Waals surface area contributed by atoms with E-state index in [0.717, 1.165) is 17.6 Å². The summed E-state index contributed by atoms with van der Waals surface area (Å²) in [4.78, 5) is 0. The van der Waals surface area contributed by atoms with E-state index >= 15 is 0 Å². The molecule has 1 heteroatoms. The molecule has 0 radical (unpaired) electrons. The fourth-order valence-corrected chi connectivity index (χ4v) is 4.26. The lowest BCUT2D eigenvalue weighted by Crippen LogP contribution is -2.58. The maximum absolute atomic E-state index is 4.26. The lowest BCUT2D eigenvalue weighted by Gasteiger charge is -2.30. The molecule has 0 nitrogen and oxygen atoms in total. The molecule has 1 aliphatic rings. The third-order valence-corrected chi connectivity index (χ3v) is 5.43. The summed E-state index contributed by atoms with van der Waals surface area (Å²) in [6.07, 6.45) is 1.00. The summed E-state index contributed by atoms with van der Waals surface area (Å²) < 4.78 is 0. The van der Waals surface area contributed by atoms with E-state index in [0.29, 0.717) is 0 Å². The minimum atomic E-state index is 0.218. The molecule has 3 aromatic carbocycles. The highest BCUT2D eigenvalue weighted by molar-refractivity contribution is 6.97. The van der Waals surface area contributed by atoms with Crippen LogP contribution in [0.4, 0.5) is 0 Å². The molecule has 0 amide bonds. The quantitative estimate of drug-likeness (QED) is 0.493. The van der Waals surface area contributed by atoms with Crippen LogP contribution < -0.4 is 16.4 Å². The molecule has 0 saturated carbocycles. The minimum Gasteiger partial charge on any atom is -0.0955 e. The van der Waals surface area contributed by atoms with Crippen molar-refractivity contribution in [3.63, 3.8) is 0 Å². The van der Waals surface area contributed by atoms with Gasteiger partial charge in [0.2, 0.25) is 6.71 Å². The summed E-state index contributed by atoms with van der Waals surface area (Å²) >= 11 is 0. The second kappa shape index (κ2) is 6.50. The Morgan fingerprint density at radius 3 is 1.62 bits per heavy atom. The van der Waals surface area contributed by atoms with Gasteiger partial charge in [-0.3, -0.25) is 0 Å². The first-order chi connectivity index (χ1) is 12.6. The summed E-state index contributed by atoms with van der Waals surface area (Å²) in [5.74, 6) is 0. The van der Waals surface area contributed by atoms with Crippen LogP contribution in [0.1, 0.15) is 36.1 Å². The molecular weight excluding hydrogens is 311 g/mol. The summed E-state index contributed by atoms with van der Waals surface area (Å²) in [6, 6.07) is 24.2. The molecule has 0 saturated heterocycles. The van der Waals surface area contributed by atoms with E-state index in [1.807, 2.05) is 0 Å². The fraction of sp³-hybridized carbons (Fsp3) is 0.120. The predicted octanol–water partition coefficient (Wildman–Crippen LogP) is 4.17. The third kappa shape index (κ3) is 2.65. The second-order valence-electron chi connectivity index (χ2n) is 7.33. The Morgan fingerprint density at radius 1 is 0.692 bits per heavy atom. The van der Waals surface area contributed by atoms with Gasteiger partial charge in [-0.2, -0.15) is 0 Å². The molecule has 0 atom stereocenters. The number of hydrogen-bond donors (Lipinski definition) is 0. The number of fused-ring (bicyclic) bond motifs is 2. The topological polar surface area (TPSA) is 0 Å². The van der Waals surface area contributed by atoms with E-state index in [2.05, 4.69) is 93.7 Å². The Hall–Kier alpha value is -2.80. The average Bonchev–Trinajstić information content (AvgIpc) is 2.65. The number of hydrogen-bond acceptors (Lipinski definition) is 0. The molecule has 26 heavy (non-hydrogen) atoms. The SMILES string of the molecule is C=C(C)c1cccc(C(=C)C)c1B1c2ccccc2Cc2ccccc21. The van der Waals surface area contributed by atoms with Gasteiger partial charge in [-0.05, 0) is 42.5 Å². The van der Waals surface area contributed by atoms with Crippen LogP contribution in [-0.2, 0) is 6.42 Å². The van der Waals surface area contributed by atoms with E-state index in [4.69, 9.17) is 0 Å². The Labute approximate surface area is 157 Å². The van der Waals surface area contributed by atoms with Crippen molar-refractivity contribution in [3.8, 4) is 0 Å². The summed E-state index contributed by atoms with van der Waals surface area (Å²) in [5, 5.41) is 0. The molecule has 0 N–H and O–H groups in total. The van der Waals surface area contributed by atoms with E-state index in [-0.39, 0.29) is 6.71 Å². The zero-order valence-corrected chi connectivity index (χ0v) is 15.5. The molecule has 0 unspecified atom stereocenters. The third-order valence-electron chi connectivity index (χ3n) is 5.43. The van der Waals surface area contributed by atoms with Crippen molar-refractivity contribution in [3.05, 3.63) is 102 Å². The van der Waals surface area contributed by atoms with Gasteiger partial charge < -0.3 is 0 Å². The summed E-state index contributed by atoms with van der Waals surface area (Å²) in [5.41, 5.74) is 11.7. The number of rotatable bonds is 3. The molecule has 0 aromatic heterocycles. The molecule has 126 valence electrons. The molecule has 1 aliphatic heterocycles. The molecule has 1 heterocycles. The first-order valence-electron chi connectivity index (χ1n) is 9.18. The highest BCUT2D eigenvalue weighted by atomic mass is 14.2. The van der Waals surface area contributed by atoms with Gasteiger partial charge in [-0.1, -0.05) is 107 Å². The zero-order chi connectivity index (χ0) is 18.3. The van der Waals surface area contributed by atoms with Gasteiger partial charge in [0.1, 0.15) is 0 Å². The van der Waals surface area contributed by atoms with Crippen molar-refractivity contribution >= 4 is 34.2 Å². The predicted molar refractivity (Wildman–Crippen MR) is 116 cm³/mol. The lowest BCUT2D eigenvalue weighted by molar-refractivity contribution is 1.21. The van der Waals surface area contributed by atoms with Crippen molar-refractivity contribution in [1.82, 2.24) is 0 Å². The Balaban J connectivity index is 2.09. The largest absolute Gasteiger partial charge is 0.243 e. The molecular formula is C25H23B. The van der Waals surface area contributed by atoms with Gasteiger partial charge in [0.15, 0.2) is 0 Å². The van der Waals surface area contributed by atoms with Crippen LogP contribution in [0.15, 0.2) is 79.9 Å². The average molecular weight is 334 g/mol. The van der Waals surface area contributed by atoms with Crippen molar-refractivity contribution in [2.45, 2.75) is 20.3 Å². The maximum Gasteiger partial charge on any atom is 0.243 e. The van der Waals surface area contributed by atoms with Gasteiger partial charge >= 0.3 is 0 Å². The summed E-state index contributed by atoms with van der Waals surface area (Å²) in [7, 11) is 0. The van der Waals surface area contributed by atoms with E-state index < -0.39 is 0 Å². The van der Waals surface area contributed by atoms with E-state index in [1.54, 1.807) is 0 Å². The van der Waals surface area contributed by atoms with Crippen LogP contribution in [0.2, 0.25) is 0 Å². The minimum absolute atomic E-state index is 0.218. The Kier molecular flexibility index (Phi) is 4.16. The zero-order valence-electron chi connectivity index (χ0n) is 15.5. The highest BCUT2D eigenvalue weighted by Gasteiger charge is 2.33. The molecule has 4 rings (SSSR count). The number of benzene rings is 3. The first kappa shape index (κ1) is 16.7. The van der Waals surface area contributed by atoms with Crippen molar-refractivity contribution in [1.29, 1.82) is 0 Å². The second-order valence-corrected chi connectivity index (χ2v) is 7.33. The van der Waals surface area contributed by atoms with Gasteiger partial charge in [-0.15, -0.1) is 0 Å². The van der Waals surface area contributed by atoms with Crippen LogP contribution in [0, 0.1) is 0 Å². The molecule has 0 fully saturated rings. The van der Waals surface area contributed by atoms with Crippen molar-refractivity contribution in [2.75, 3.05) is 0 Å². The molecule has 0 spiro atoms. The Morgan fingerprint density at radius 2 is 1.15 bits per heavy atom. The van der Waals surface area contributed by atoms with E-state index in [9.17, 15) is 0 Å². The normalized spacial score (nSPS) is 12.3. The van der Waals surface area contributed by atoms with Crippen LogP contribution in [0.25, 0.3) is 11.1 Å². The van der Waals surface area contributed by atoms with Crippen LogP contribution in [0.3, 0.4) is 0 Å². The molecule has 3 aromatic rings.